The zero-order valence-corrected chi connectivity index (χ0v) is 9.08. The Kier molecular flexibility index (Phi) is 3.60. The lowest BCUT2D eigenvalue weighted by atomic mass is 10.2. The lowest BCUT2D eigenvalue weighted by Gasteiger charge is -1.98. The van der Waals surface area contributed by atoms with Crippen molar-refractivity contribution in [3.63, 3.8) is 0 Å². The summed E-state index contributed by atoms with van der Waals surface area (Å²) in [4.78, 5) is 15.4. The second-order valence-corrected chi connectivity index (χ2v) is 3.35. The highest BCUT2D eigenvalue weighted by atomic mass is 16.2. The molecule has 0 aliphatic rings. The zero-order valence-electron chi connectivity index (χ0n) is 9.08. The standard InChI is InChI=1S/C13H11N3O/c17-13(12-6-8-14-9-7-12)16-15-10-11-4-2-1-3-5-11/h1-10H,(H,16,17). The number of hydrogen-bond donors (Lipinski definition) is 1. The van der Waals surface area contributed by atoms with Crippen molar-refractivity contribution in [3.05, 3.63) is 66.0 Å². The molecule has 0 aliphatic carbocycles. The number of nitrogens with zero attached hydrogens (tertiary/aromatic N) is 2. The van der Waals surface area contributed by atoms with E-state index in [2.05, 4.69) is 15.5 Å². The van der Waals surface area contributed by atoms with Crippen LogP contribution in [0.1, 0.15) is 15.9 Å². The molecule has 4 nitrogen and oxygen atoms in total. The third-order valence-electron chi connectivity index (χ3n) is 2.12. The highest BCUT2D eigenvalue weighted by molar-refractivity contribution is 5.94. The van der Waals surface area contributed by atoms with E-state index in [1.807, 2.05) is 30.3 Å². The smallest absolute Gasteiger partial charge is 0.267 e. The van der Waals surface area contributed by atoms with E-state index in [1.54, 1.807) is 30.7 Å². The molecular weight excluding hydrogens is 214 g/mol. The molecule has 0 bridgehead atoms. The van der Waals surface area contributed by atoms with E-state index in [0.29, 0.717) is 5.56 Å². The Hall–Kier alpha value is -2.49. The van der Waals surface area contributed by atoms with Crippen molar-refractivity contribution >= 4 is 12.1 Å². The Morgan fingerprint density at radius 2 is 1.82 bits per heavy atom. The minimum atomic E-state index is -0.250. The van der Waals surface area contributed by atoms with Gasteiger partial charge in [0.15, 0.2) is 0 Å². The number of carbonyl (C=O) groups excluding carboxylic acids is 1. The van der Waals surface area contributed by atoms with Gasteiger partial charge in [-0.05, 0) is 17.7 Å². The molecule has 0 unspecified atom stereocenters. The van der Waals surface area contributed by atoms with Gasteiger partial charge in [0.05, 0.1) is 6.21 Å². The van der Waals surface area contributed by atoms with Crippen molar-refractivity contribution < 1.29 is 4.79 Å². The molecule has 0 aliphatic heterocycles. The van der Waals surface area contributed by atoms with Crippen LogP contribution in [-0.2, 0) is 0 Å². The predicted octanol–water partition coefficient (Wildman–Crippen LogP) is 1.85. The van der Waals surface area contributed by atoms with Crippen LogP contribution in [0, 0.1) is 0 Å². The molecule has 17 heavy (non-hydrogen) atoms. The van der Waals surface area contributed by atoms with Gasteiger partial charge in [-0.3, -0.25) is 9.78 Å². The summed E-state index contributed by atoms with van der Waals surface area (Å²) in [6, 6.07) is 12.8. The number of amides is 1. The number of hydrogen-bond acceptors (Lipinski definition) is 3. The fraction of sp³-hybridized carbons (Fsp3) is 0. The molecule has 0 saturated heterocycles. The minimum absolute atomic E-state index is 0.250. The first kappa shape index (κ1) is 11.0. The molecule has 0 radical (unpaired) electrons. The summed E-state index contributed by atoms with van der Waals surface area (Å²) < 4.78 is 0. The van der Waals surface area contributed by atoms with Crippen LogP contribution in [0.3, 0.4) is 0 Å². The summed E-state index contributed by atoms with van der Waals surface area (Å²) in [5.41, 5.74) is 3.92. The Morgan fingerprint density at radius 3 is 2.53 bits per heavy atom. The molecule has 1 N–H and O–H groups in total. The monoisotopic (exact) mass is 225 g/mol. The van der Waals surface area contributed by atoms with Crippen LogP contribution in [0.2, 0.25) is 0 Å². The highest BCUT2D eigenvalue weighted by Gasteiger charge is 2.01. The number of aromatic nitrogens is 1. The van der Waals surface area contributed by atoms with Gasteiger partial charge in [-0.2, -0.15) is 5.10 Å². The van der Waals surface area contributed by atoms with E-state index in [-0.39, 0.29) is 5.91 Å². The van der Waals surface area contributed by atoms with Gasteiger partial charge in [0, 0.05) is 18.0 Å². The Morgan fingerprint density at radius 1 is 1.12 bits per heavy atom. The van der Waals surface area contributed by atoms with Crippen molar-refractivity contribution in [2.45, 2.75) is 0 Å². The first-order chi connectivity index (χ1) is 8.36. The summed E-state index contributed by atoms with van der Waals surface area (Å²) in [6.45, 7) is 0. The Bertz CT molecular complexity index is 509. The van der Waals surface area contributed by atoms with Crippen molar-refractivity contribution in [2.24, 2.45) is 5.10 Å². The molecule has 1 aromatic heterocycles. The average molecular weight is 225 g/mol. The van der Waals surface area contributed by atoms with Crippen molar-refractivity contribution in [3.8, 4) is 0 Å². The van der Waals surface area contributed by atoms with E-state index >= 15 is 0 Å². The molecule has 84 valence electrons. The second kappa shape index (κ2) is 5.55. The van der Waals surface area contributed by atoms with Crippen LogP contribution >= 0.6 is 0 Å². The number of hydrazone groups is 1. The second-order valence-electron chi connectivity index (χ2n) is 3.35. The van der Waals surface area contributed by atoms with Gasteiger partial charge in [0.2, 0.25) is 0 Å². The number of carbonyl (C=O) groups is 1. The van der Waals surface area contributed by atoms with Crippen LogP contribution in [0.5, 0.6) is 0 Å². The maximum atomic E-state index is 11.6. The van der Waals surface area contributed by atoms with E-state index in [4.69, 9.17) is 0 Å². The Balaban J connectivity index is 1.95. The van der Waals surface area contributed by atoms with Gasteiger partial charge < -0.3 is 0 Å². The van der Waals surface area contributed by atoms with Crippen LogP contribution < -0.4 is 5.43 Å². The number of benzene rings is 1. The highest BCUT2D eigenvalue weighted by Crippen LogP contribution is 1.96. The molecule has 0 atom stereocenters. The molecule has 4 heteroatoms. The number of nitrogens with one attached hydrogen (secondary N) is 1. The molecule has 0 spiro atoms. The van der Waals surface area contributed by atoms with Gasteiger partial charge in [0.25, 0.3) is 5.91 Å². The summed E-state index contributed by atoms with van der Waals surface area (Å²) in [7, 11) is 0. The average Bonchev–Trinajstić information content (AvgIpc) is 2.41. The molecule has 0 saturated carbocycles. The van der Waals surface area contributed by atoms with Crippen LogP contribution in [-0.4, -0.2) is 17.1 Å². The third-order valence-corrected chi connectivity index (χ3v) is 2.12. The first-order valence-electron chi connectivity index (χ1n) is 5.15. The topological polar surface area (TPSA) is 54.4 Å². The van der Waals surface area contributed by atoms with Crippen molar-refractivity contribution in [1.29, 1.82) is 0 Å². The fourth-order valence-corrected chi connectivity index (χ4v) is 1.27. The van der Waals surface area contributed by atoms with E-state index in [1.165, 1.54) is 0 Å². The van der Waals surface area contributed by atoms with E-state index < -0.39 is 0 Å². The molecule has 0 fully saturated rings. The molecule has 1 aromatic carbocycles. The maximum absolute atomic E-state index is 11.6. The van der Waals surface area contributed by atoms with Crippen LogP contribution in [0.4, 0.5) is 0 Å². The molecular formula is C13H11N3O. The van der Waals surface area contributed by atoms with E-state index in [9.17, 15) is 4.79 Å². The van der Waals surface area contributed by atoms with Gasteiger partial charge in [-0.25, -0.2) is 5.43 Å². The largest absolute Gasteiger partial charge is 0.271 e. The lowest BCUT2D eigenvalue weighted by Crippen LogP contribution is -2.17. The first-order valence-corrected chi connectivity index (χ1v) is 5.15. The summed E-state index contributed by atoms with van der Waals surface area (Å²) in [5, 5.41) is 3.87. The molecule has 2 rings (SSSR count). The fourth-order valence-electron chi connectivity index (χ4n) is 1.27. The van der Waals surface area contributed by atoms with Gasteiger partial charge in [0.1, 0.15) is 0 Å². The summed E-state index contributed by atoms with van der Waals surface area (Å²) >= 11 is 0. The quantitative estimate of drug-likeness (QED) is 0.640. The minimum Gasteiger partial charge on any atom is -0.267 e. The van der Waals surface area contributed by atoms with Gasteiger partial charge >= 0.3 is 0 Å². The predicted molar refractivity (Wildman–Crippen MR) is 65.7 cm³/mol. The normalized spacial score (nSPS) is 10.4. The van der Waals surface area contributed by atoms with Crippen molar-refractivity contribution in [1.82, 2.24) is 10.4 Å². The maximum Gasteiger partial charge on any atom is 0.271 e. The SMILES string of the molecule is O=C(NN=Cc1ccccc1)c1ccncc1. The zero-order chi connectivity index (χ0) is 11.9. The van der Waals surface area contributed by atoms with Crippen molar-refractivity contribution in [2.75, 3.05) is 0 Å². The third kappa shape index (κ3) is 3.24. The van der Waals surface area contributed by atoms with Crippen LogP contribution in [0.25, 0.3) is 0 Å². The molecule has 1 amide bonds. The number of pyridine rings is 1. The van der Waals surface area contributed by atoms with Crippen LogP contribution in [0.15, 0.2) is 60.0 Å². The van der Waals surface area contributed by atoms with E-state index in [0.717, 1.165) is 5.56 Å². The number of rotatable bonds is 3. The lowest BCUT2D eigenvalue weighted by molar-refractivity contribution is 0.0955. The molecule has 1 heterocycles. The Labute approximate surface area is 99.0 Å². The summed E-state index contributed by atoms with van der Waals surface area (Å²) in [6.07, 6.45) is 4.73. The van der Waals surface area contributed by atoms with Gasteiger partial charge in [-0.1, -0.05) is 30.3 Å². The summed E-state index contributed by atoms with van der Waals surface area (Å²) in [5.74, 6) is -0.250. The molecule has 2 aromatic rings. The van der Waals surface area contributed by atoms with Gasteiger partial charge in [-0.15, -0.1) is 0 Å².